The number of alkyl halides is 1. The number of nitrogens with zero attached hydrogens (tertiary/aromatic N) is 3. The van der Waals surface area contributed by atoms with Crippen molar-refractivity contribution in [1.82, 2.24) is 9.97 Å². The van der Waals surface area contributed by atoms with Crippen molar-refractivity contribution in [3.63, 3.8) is 0 Å². The number of amidine groups is 1. The van der Waals surface area contributed by atoms with Gasteiger partial charge in [0.25, 0.3) is 5.91 Å². The van der Waals surface area contributed by atoms with Crippen molar-refractivity contribution in [1.29, 1.82) is 0 Å². The second-order valence-electron chi connectivity index (χ2n) is 6.99. The number of hydrogen-bond acceptors (Lipinski definition) is 9. The topological polar surface area (TPSA) is 112 Å². The number of rotatable bonds is 4. The van der Waals surface area contributed by atoms with Crippen LogP contribution in [0.2, 0.25) is 0 Å². The van der Waals surface area contributed by atoms with Crippen LogP contribution in [0.1, 0.15) is 28.7 Å². The van der Waals surface area contributed by atoms with E-state index in [1.165, 1.54) is 42.6 Å². The van der Waals surface area contributed by atoms with E-state index in [9.17, 15) is 4.79 Å². The second kappa shape index (κ2) is 7.54. The number of fused-ring (bicyclic) bond motifs is 1. The number of carbonyl (C=O) groups excluding carboxylic acids is 1. The Hall–Kier alpha value is -2.24. The van der Waals surface area contributed by atoms with Crippen LogP contribution < -0.4 is 15.8 Å². The lowest BCUT2D eigenvalue weighted by atomic mass is 9.76. The van der Waals surface area contributed by atoms with Crippen LogP contribution in [0.5, 0.6) is 5.88 Å². The SMILES string of the molecule is COc1cnc(C(=O)Nc2csc([C@]34CO[C@@H](C)C[C@@]3(F)CSC(N)=N4)c2)cn1. The van der Waals surface area contributed by atoms with Crippen LogP contribution in [-0.4, -0.2) is 52.3 Å². The molecule has 0 aromatic carbocycles. The Morgan fingerprint density at radius 3 is 3.00 bits per heavy atom. The fraction of sp³-hybridized carbons (Fsp3) is 0.444. The van der Waals surface area contributed by atoms with E-state index in [1.54, 1.807) is 11.4 Å². The summed E-state index contributed by atoms with van der Waals surface area (Å²) in [5.41, 5.74) is 3.83. The van der Waals surface area contributed by atoms with Crippen molar-refractivity contribution in [3.8, 4) is 5.88 Å². The Morgan fingerprint density at radius 2 is 2.28 bits per heavy atom. The zero-order valence-electron chi connectivity index (χ0n) is 15.8. The maximum atomic E-state index is 16.0. The molecule has 4 rings (SSSR count). The molecule has 4 heterocycles. The van der Waals surface area contributed by atoms with E-state index < -0.39 is 17.1 Å². The molecule has 29 heavy (non-hydrogen) atoms. The lowest BCUT2D eigenvalue weighted by Crippen LogP contribution is -2.59. The van der Waals surface area contributed by atoms with Gasteiger partial charge < -0.3 is 20.5 Å². The first-order chi connectivity index (χ1) is 13.8. The molecule has 2 aromatic rings. The van der Waals surface area contributed by atoms with E-state index in [-0.39, 0.29) is 30.6 Å². The summed E-state index contributed by atoms with van der Waals surface area (Å²) in [4.78, 5) is 25.6. The number of carbonyl (C=O) groups is 1. The summed E-state index contributed by atoms with van der Waals surface area (Å²) in [6, 6.07) is 1.72. The first-order valence-electron chi connectivity index (χ1n) is 8.90. The fourth-order valence-corrected chi connectivity index (χ4v) is 5.51. The van der Waals surface area contributed by atoms with Crippen molar-refractivity contribution >= 4 is 39.9 Å². The molecule has 2 aliphatic heterocycles. The molecule has 2 aliphatic rings. The summed E-state index contributed by atoms with van der Waals surface area (Å²) >= 11 is 2.54. The predicted octanol–water partition coefficient (Wildman–Crippen LogP) is 2.57. The van der Waals surface area contributed by atoms with Gasteiger partial charge in [-0.2, -0.15) is 0 Å². The Kier molecular flexibility index (Phi) is 5.21. The first-order valence-corrected chi connectivity index (χ1v) is 10.8. The molecule has 1 saturated heterocycles. The molecule has 3 N–H and O–H groups in total. The molecule has 1 amide bonds. The standard InChI is InChI=1S/C18H20FN5O3S2/c1-10-4-17(19)9-29-16(20)24-18(17,8-27-10)13-3-11(7-28-13)23-15(25)12-5-22-14(26-2)6-21-12/h3,5-7,10H,4,8-9H2,1-2H3,(H2,20,24)(H,23,25)/t10-,17+,18+/m0/s1. The van der Waals surface area contributed by atoms with Crippen LogP contribution in [0.15, 0.2) is 28.8 Å². The van der Waals surface area contributed by atoms with Crippen LogP contribution >= 0.6 is 23.1 Å². The summed E-state index contributed by atoms with van der Waals surface area (Å²) in [7, 11) is 1.47. The highest BCUT2D eigenvalue weighted by Gasteiger charge is 2.60. The molecule has 1 fully saturated rings. The van der Waals surface area contributed by atoms with Crippen molar-refractivity contribution in [3.05, 3.63) is 34.4 Å². The molecule has 0 radical (unpaired) electrons. The molecule has 0 aliphatic carbocycles. The van der Waals surface area contributed by atoms with Gasteiger partial charge >= 0.3 is 0 Å². The Balaban J connectivity index is 1.60. The predicted molar refractivity (Wildman–Crippen MR) is 110 cm³/mol. The van der Waals surface area contributed by atoms with E-state index in [1.807, 2.05) is 6.92 Å². The van der Waals surface area contributed by atoms with Gasteiger partial charge in [0, 0.05) is 22.4 Å². The van der Waals surface area contributed by atoms with Crippen LogP contribution in [0, 0.1) is 0 Å². The third kappa shape index (κ3) is 3.58. The number of methoxy groups -OCH3 is 1. The van der Waals surface area contributed by atoms with Crippen molar-refractivity contribution < 1.29 is 18.7 Å². The van der Waals surface area contributed by atoms with E-state index in [2.05, 4.69) is 20.3 Å². The number of nitrogens with one attached hydrogen (secondary N) is 1. The summed E-state index contributed by atoms with van der Waals surface area (Å²) in [6.45, 7) is 1.96. The average molecular weight is 438 g/mol. The smallest absolute Gasteiger partial charge is 0.275 e. The van der Waals surface area contributed by atoms with Crippen LogP contribution in [0.25, 0.3) is 0 Å². The maximum Gasteiger partial charge on any atom is 0.275 e. The number of amides is 1. The van der Waals surface area contributed by atoms with Gasteiger partial charge in [-0.1, -0.05) is 11.8 Å². The number of ether oxygens (including phenoxy) is 2. The highest BCUT2D eigenvalue weighted by atomic mass is 32.2. The summed E-state index contributed by atoms with van der Waals surface area (Å²) < 4.78 is 26.7. The number of thiophene rings is 1. The van der Waals surface area contributed by atoms with Crippen molar-refractivity contribution in [2.75, 3.05) is 24.8 Å². The molecule has 0 bridgehead atoms. The largest absolute Gasteiger partial charge is 0.480 e. The molecular formula is C18H20FN5O3S2. The van der Waals surface area contributed by atoms with E-state index in [4.69, 9.17) is 15.2 Å². The van der Waals surface area contributed by atoms with Gasteiger partial charge in [0.1, 0.15) is 5.69 Å². The van der Waals surface area contributed by atoms with E-state index in [0.717, 1.165) is 0 Å². The minimum absolute atomic E-state index is 0.101. The number of nitrogens with two attached hydrogens (primary N) is 1. The number of aromatic nitrogens is 2. The van der Waals surface area contributed by atoms with Crippen molar-refractivity contribution in [2.45, 2.75) is 30.7 Å². The van der Waals surface area contributed by atoms with Crippen LogP contribution in [0.4, 0.5) is 10.1 Å². The maximum absolute atomic E-state index is 16.0. The minimum atomic E-state index is -1.58. The summed E-state index contributed by atoms with van der Waals surface area (Å²) in [6.07, 6.45) is 2.72. The number of aliphatic imine (C=N–C) groups is 1. The third-order valence-electron chi connectivity index (χ3n) is 5.01. The molecule has 3 atom stereocenters. The van der Waals surface area contributed by atoms with Gasteiger partial charge in [0.15, 0.2) is 16.4 Å². The molecule has 8 nitrogen and oxygen atoms in total. The zero-order chi connectivity index (χ0) is 20.6. The molecule has 0 saturated carbocycles. The Labute approximate surface area is 175 Å². The Morgan fingerprint density at radius 1 is 1.45 bits per heavy atom. The average Bonchev–Trinajstić information content (AvgIpc) is 3.17. The molecule has 0 spiro atoms. The second-order valence-corrected chi connectivity index (χ2v) is 8.89. The monoisotopic (exact) mass is 437 g/mol. The number of thioether (sulfide) groups is 1. The number of hydrogen-bond donors (Lipinski definition) is 2. The third-order valence-corrected chi connectivity index (χ3v) is 7.08. The van der Waals surface area contributed by atoms with Gasteiger partial charge in [0.2, 0.25) is 5.88 Å². The van der Waals surface area contributed by atoms with Crippen LogP contribution in [0.3, 0.4) is 0 Å². The van der Waals surface area contributed by atoms with Gasteiger partial charge in [-0.3, -0.25) is 4.79 Å². The molecule has 154 valence electrons. The van der Waals surface area contributed by atoms with Gasteiger partial charge in [-0.25, -0.2) is 19.4 Å². The van der Waals surface area contributed by atoms with Crippen LogP contribution in [-0.2, 0) is 10.3 Å². The zero-order valence-corrected chi connectivity index (χ0v) is 17.5. The van der Waals surface area contributed by atoms with Crippen molar-refractivity contribution in [2.24, 2.45) is 10.7 Å². The number of halogens is 1. The molecule has 0 unspecified atom stereocenters. The van der Waals surface area contributed by atoms with Gasteiger partial charge in [-0.05, 0) is 13.0 Å². The molecule has 2 aromatic heterocycles. The lowest BCUT2D eigenvalue weighted by molar-refractivity contribution is -0.105. The van der Waals surface area contributed by atoms with E-state index in [0.29, 0.717) is 21.6 Å². The van der Waals surface area contributed by atoms with Gasteiger partial charge in [-0.15, -0.1) is 11.3 Å². The fourth-order valence-electron chi connectivity index (χ4n) is 3.49. The minimum Gasteiger partial charge on any atom is -0.480 e. The first kappa shape index (κ1) is 20.0. The van der Waals surface area contributed by atoms with E-state index >= 15 is 4.39 Å². The normalized spacial score (nSPS) is 28.9. The summed E-state index contributed by atoms with van der Waals surface area (Å²) in [5, 5.41) is 4.84. The summed E-state index contributed by atoms with van der Waals surface area (Å²) in [5.74, 6) is 0.107. The number of anilines is 1. The quantitative estimate of drug-likeness (QED) is 0.756. The molecule has 11 heteroatoms. The van der Waals surface area contributed by atoms with Gasteiger partial charge in [0.05, 0.1) is 37.9 Å². The highest BCUT2D eigenvalue weighted by Crippen LogP contribution is 2.52. The lowest BCUT2D eigenvalue weighted by Gasteiger charge is -2.49. The Bertz CT molecular complexity index is 953. The highest BCUT2D eigenvalue weighted by molar-refractivity contribution is 8.13. The molecular weight excluding hydrogens is 417 g/mol.